The van der Waals surface area contributed by atoms with Crippen LogP contribution >= 0.6 is 0 Å². The van der Waals surface area contributed by atoms with E-state index in [4.69, 9.17) is 0 Å². The molecule has 6 heteroatoms. The van der Waals surface area contributed by atoms with Crippen LogP contribution in [0.2, 0.25) is 0 Å². The fourth-order valence-corrected chi connectivity index (χ4v) is 4.44. The first-order chi connectivity index (χ1) is 12.1. The van der Waals surface area contributed by atoms with E-state index in [1.54, 1.807) is 6.20 Å². The molecule has 2 saturated heterocycles. The molecule has 4 rings (SSSR count). The molecule has 0 radical (unpaired) electrons. The smallest absolute Gasteiger partial charge is 0.230 e. The van der Waals surface area contributed by atoms with E-state index in [9.17, 15) is 4.79 Å². The highest BCUT2D eigenvalue weighted by atomic mass is 16.2. The van der Waals surface area contributed by atoms with Crippen molar-refractivity contribution in [2.75, 3.05) is 19.6 Å². The van der Waals surface area contributed by atoms with Crippen molar-refractivity contribution in [3.8, 4) is 0 Å². The minimum atomic E-state index is -0.218. The molecule has 0 unspecified atom stereocenters. The molecule has 2 aliphatic rings. The van der Waals surface area contributed by atoms with Crippen molar-refractivity contribution >= 4 is 5.91 Å². The number of amides is 1. The predicted molar refractivity (Wildman–Crippen MR) is 94.4 cm³/mol. The summed E-state index contributed by atoms with van der Waals surface area (Å²) in [5.74, 6) is 0.702. The van der Waals surface area contributed by atoms with Crippen molar-refractivity contribution in [2.24, 2.45) is 18.4 Å². The number of hydrogen-bond donors (Lipinski definition) is 0. The van der Waals surface area contributed by atoms with Crippen LogP contribution in [0.5, 0.6) is 0 Å². The van der Waals surface area contributed by atoms with Crippen LogP contribution in [0, 0.1) is 11.3 Å². The quantitative estimate of drug-likeness (QED) is 0.851. The average Bonchev–Trinajstić information content (AvgIpc) is 3.24. The molecular weight excluding hydrogens is 314 g/mol. The van der Waals surface area contributed by atoms with E-state index in [2.05, 4.69) is 28.1 Å². The highest BCUT2D eigenvalue weighted by Gasteiger charge is 2.54. The van der Waals surface area contributed by atoms with E-state index in [1.807, 2.05) is 41.2 Å². The zero-order valence-electron chi connectivity index (χ0n) is 14.9. The van der Waals surface area contributed by atoms with Crippen molar-refractivity contribution in [1.82, 2.24) is 24.6 Å². The first-order valence-corrected chi connectivity index (χ1v) is 8.95. The molecule has 1 amide bonds. The van der Waals surface area contributed by atoms with E-state index in [0.29, 0.717) is 18.4 Å². The summed E-state index contributed by atoms with van der Waals surface area (Å²) >= 11 is 0. The Labute approximate surface area is 148 Å². The topological polar surface area (TPSA) is 54.3 Å². The summed E-state index contributed by atoms with van der Waals surface area (Å²) in [4.78, 5) is 21.8. The third-order valence-electron chi connectivity index (χ3n) is 5.78. The number of likely N-dealkylation sites (tertiary alicyclic amines) is 2. The maximum Gasteiger partial charge on any atom is 0.230 e. The molecule has 2 aromatic rings. The number of hydrogen-bond acceptors (Lipinski definition) is 4. The normalized spacial score (nSPS) is 26.9. The summed E-state index contributed by atoms with van der Waals surface area (Å²) in [6, 6.07) is 3.97. The van der Waals surface area contributed by atoms with Gasteiger partial charge in [-0.05, 0) is 24.0 Å². The second-order valence-electron chi connectivity index (χ2n) is 7.59. The third kappa shape index (κ3) is 2.95. The van der Waals surface area contributed by atoms with Gasteiger partial charge in [0.2, 0.25) is 5.91 Å². The first kappa shape index (κ1) is 16.3. The Morgan fingerprint density at radius 3 is 2.88 bits per heavy atom. The lowest BCUT2D eigenvalue weighted by Gasteiger charge is -2.27. The molecule has 2 fully saturated rings. The molecule has 6 nitrogen and oxygen atoms in total. The zero-order valence-corrected chi connectivity index (χ0v) is 14.9. The van der Waals surface area contributed by atoms with Gasteiger partial charge in [-0.1, -0.05) is 13.0 Å². The average molecular weight is 339 g/mol. The van der Waals surface area contributed by atoms with Crippen molar-refractivity contribution in [1.29, 1.82) is 0 Å². The molecule has 0 aromatic carbocycles. The lowest BCUT2D eigenvalue weighted by atomic mass is 9.78. The summed E-state index contributed by atoms with van der Waals surface area (Å²) < 4.78 is 1.83. The number of aryl methyl sites for hydroxylation is 1. The van der Waals surface area contributed by atoms with E-state index >= 15 is 0 Å². The van der Waals surface area contributed by atoms with Crippen LogP contribution in [0.15, 0.2) is 36.9 Å². The van der Waals surface area contributed by atoms with Crippen molar-refractivity contribution < 1.29 is 4.79 Å². The molecular formula is C19H25N5O. The van der Waals surface area contributed by atoms with Gasteiger partial charge in [-0.15, -0.1) is 0 Å². The van der Waals surface area contributed by atoms with Gasteiger partial charge in [-0.3, -0.25) is 19.4 Å². The molecule has 1 spiro atoms. The molecule has 2 aromatic heterocycles. The monoisotopic (exact) mass is 339 g/mol. The molecule has 0 bridgehead atoms. The second kappa shape index (κ2) is 6.26. The van der Waals surface area contributed by atoms with Crippen LogP contribution in [0.4, 0.5) is 0 Å². The van der Waals surface area contributed by atoms with Gasteiger partial charge in [0.05, 0.1) is 11.6 Å². The van der Waals surface area contributed by atoms with Gasteiger partial charge in [0, 0.05) is 63.9 Å². The number of pyridine rings is 1. The zero-order chi connectivity index (χ0) is 17.4. The SMILES string of the molecule is C[C@@H]1CN(Cc2cnn(C)c2)C[C@]12CCN(Cc1cccnc1)C2=O. The molecule has 25 heavy (non-hydrogen) atoms. The Kier molecular flexibility index (Phi) is 4.07. The predicted octanol–water partition coefficient (Wildman–Crippen LogP) is 1.69. The standard InChI is InChI=1S/C19H25N5O/c1-15-10-23(12-17-9-21-22(2)11-17)14-19(15)5-7-24(18(19)25)13-16-4-3-6-20-8-16/h3-4,6,8-9,11,15H,5,7,10,12-14H2,1-2H3/t15-,19-/m1/s1. The number of aromatic nitrogens is 3. The van der Waals surface area contributed by atoms with Gasteiger partial charge < -0.3 is 4.90 Å². The fourth-order valence-electron chi connectivity index (χ4n) is 4.44. The van der Waals surface area contributed by atoms with Crippen molar-refractivity contribution in [2.45, 2.75) is 26.4 Å². The van der Waals surface area contributed by atoms with Crippen LogP contribution < -0.4 is 0 Å². The number of rotatable bonds is 4. The third-order valence-corrected chi connectivity index (χ3v) is 5.78. The number of nitrogens with zero attached hydrogens (tertiary/aromatic N) is 5. The van der Waals surface area contributed by atoms with Crippen LogP contribution in [-0.2, 0) is 24.9 Å². The summed E-state index contributed by atoms with van der Waals surface area (Å²) in [5, 5.41) is 4.25. The van der Waals surface area contributed by atoms with E-state index in [-0.39, 0.29) is 5.41 Å². The van der Waals surface area contributed by atoms with E-state index in [0.717, 1.165) is 38.2 Å². The molecule has 132 valence electrons. The molecule has 0 saturated carbocycles. The van der Waals surface area contributed by atoms with Gasteiger partial charge in [0.1, 0.15) is 0 Å². The summed E-state index contributed by atoms with van der Waals surface area (Å²) in [6.07, 6.45) is 8.55. The van der Waals surface area contributed by atoms with Gasteiger partial charge in [-0.2, -0.15) is 5.10 Å². The maximum atomic E-state index is 13.2. The number of carbonyl (C=O) groups excluding carboxylic acids is 1. The lowest BCUT2D eigenvalue weighted by molar-refractivity contribution is -0.137. The molecule has 0 N–H and O–H groups in total. The van der Waals surface area contributed by atoms with E-state index < -0.39 is 0 Å². The Hall–Kier alpha value is -2.21. The fraction of sp³-hybridized carbons (Fsp3) is 0.526. The molecule has 2 atom stereocenters. The van der Waals surface area contributed by atoms with Crippen molar-refractivity contribution in [3.05, 3.63) is 48.0 Å². The van der Waals surface area contributed by atoms with E-state index in [1.165, 1.54) is 5.56 Å². The first-order valence-electron chi connectivity index (χ1n) is 8.95. The lowest BCUT2D eigenvalue weighted by Crippen LogP contribution is -2.39. The highest BCUT2D eigenvalue weighted by molar-refractivity contribution is 5.86. The minimum Gasteiger partial charge on any atom is -0.338 e. The Bertz CT molecular complexity index is 758. The summed E-state index contributed by atoms with van der Waals surface area (Å²) in [6.45, 7) is 6.44. The van der Waals surface area contributed by atoms with Crippen LogP contribution in [0.25, 0.3) is 0 Å². The van der Waals surface area contributed by atoms with Gasteiger partial charge >= 0.3 is 0 Å². The van der Waals surface area contributed by atoms with Gasteiger partial charge in [0.25, 0.3) is 0 Å². The molecule has 0 aliphatic carbocycles. The molecule has 4 heterocycles. The van der Waals surface area contributed by atoms with Crippen molar-refractivity contribution in [3.63, 3.8) is 0 Å². The highest BCUT2D eigenvalue weighted by Crippen LogP contribution is 2.45. The van der Waals surface area contributed by atoms with Gasteiger partial charge in [0.15, 0.2) is 0 Å². The number of carbonyl (C=O) groups is 1. The molecule has 2 aliphatic heterocycles. The minimum absolute atomic E-state index is 0.218. The Morgan fingerprint density at radius 2 is 2.16 bits per heavy atom. The van der Waals surface area contributed by atoms with Gasteiger partial charge in [-0.25, -0.2) is 0 Å². The van der Waals surface area contributed by atoms with Crippen LogP contribution in [-0.4, -0.2) is 50.1 Å². The summed E-state index contributed by atoms with van der Waals surface area (Å²) in [5.41, 5.74) is 2.10. The Morgan fingerprint density at radius 1 is 1.28 bits per heavy atom. The van der Waals surface area contributed by atoms with Crippen LogP contribution in [0.3, 0.4) is 0 Å². The summed E-state index contributed by atoms with van der Waals surface area (Å²) in [7, 11) is 1.94. The maximum absolute atomic E-state index is 13.2. The Balaban J connectivity index is 1.45. The van der Waals surface area contributed by atoms with Crippen LogP contribution in [0.1, 0.15) is 24.5 Å². The second-order valence-corrected chi connectivity index (χ2v) is 7.59. The largest absolute Gasteiger partial charge is 0.338 e.